The number of hydrogen-bond donors (Lipinski definition) is 0. The van der Waals surface area contributed by atoms with Crippen molar-refractivity contribution in [3.05, 3.63) is 123 Å². The Morgan fingerprint density at radius 3 is 1.91 bits per heavy atom. The number of rotatable bonds is 5. The van der Waals surface area contributed by atoms with E-state index in [-0.39, 0.29) is 5.41 Å². The quantitative estimate of drug-likeness (QED) is 0.357. The van der Waals surface area contributed by atoms with Crippen LogP contribution in [0.4, 0.5) is 0 Å². The number of allylic oxidation sites excluding steroid dienone is 4. The Bertz CT molecular complexity index is 1150. The second-order valence-corrected chi connectivity index (χ2v) is 12.7. The third kappa shape index (κ3) is 5.12. The summed E-state index contributed by atoms with van der Waals surface area (Å²) in [5, 5.41) is 0. The fourth-order valence-corrected chi connectivity index (χ4v) is 8.02. The summed E-state index contributed by atoms with van der Waals surface area (Å²) in [6.07, 6.45) is 5.53. The average Bonchev–Trinajstić information content (AvgIpc) is 3.19. The van der Waals surface area contributed by atoms with E-state index in [0.29, 0.717) is 0 Å². The van der Waals surface area contributed by atoms with Crippen molar-refractivity contribution < 1.29 is 21.1 Å². The molecular formula is C30H32OTi. The molecule has 0 N–H and O–H groups in total. The molecule has 2 heteroatoms. The number of hydrogen-bond acceptors (Lipinski definition) is 1. The Morgan fingerprint density at radius 1 is 0.812 bits per heavy atom. The number of benzene rings is 3. The van der Waals surface area contributed by atoms with Crippen molar-refractivity contribution in [2.75, 3.05) is 0 Å². The molecule has 0 fully saturated rings. The zero-order valence-corrected chi connectivity index (χ0v) is 21.3. The van der Waals surface area contributed by atoms with Gasteiger partial charge in [-0.05, 0) is 0 Å². The molecule has 0 saturated carbocycles. The molecule has 0 atom stereocenters. The molecule has 3 aromatic carbocycles. The van der Waals surface area contributed by atoms with E-state index < -0.39 is 17.8 Å². The molecule has 0 aromatic heterocycles. The van der Waals surface area contributed by atoms with Gasteiger partial charge >= 0.3 is 200 Å². The first-order valence-corrected chi connectivity index (χ1v) is 13.5. The first-order valence-electron chi connectivity index (χ1n) is 11.3. The Morgan fingerprint density at radius 2 is 1.41 bits per heavy atom. The van der Waals surface area contributed by atoms with Crippen molar-refractivity contribution in [2.45, 2.75) is 46.5 Å². The predicted molar refractivity (Wildman–Crippen MR) is 133 cm³/mol. The van der Waals surface area contributed by atoms with Crippen molar-refractivity contribution in [2.24, 2.45) is 0 Å². The molecule has 4 rings (SSSR count). The first kappa shape index (κ1) is 22.7. The van der Waals surface area contributed by atoms with Crippen LogP contribution in [0.3, 0.4) is 0 Å². The van der Waals surface area contributed by atoms with Crippen LogP contribution in [-0.2, 0) is 23.2 Å². The fraction of sp³-hybridized carbons (Fsp3) is 0.233. The SMILES string of the molecule is CC1=[C]([Ti]([O]c2cc(C)cc(C(C)(C)C)c2)=[C](c2ccccc2)c2ccccc2)CC=C1. The van der Waals surface area contributed by atoms with Gasteiger partial charge in [0.05, 0.1) is 0 Å². The van der Waals surface area contributed by atoms with Crippen LogP contribution in [0.2, 0.25) is 0 Å². The molecule has 0 unspecified atom stereocenters. The molecule has 162 valence electrons. The number of aryl methyl sites for hydroxylation is 1. The van der Waals surface area contributed by atoms with E-state index in [1.54, 1.807) is 0 Å². The van der Waals surface area contributed by atoms with Gasteiger partial charge in [-0.2, -0.15) is 0 Å². The second kappa shape index (κ2) is 9.57. The molecule has 0 spiro atoms. The van der Waals surface area contributed by atoms with Crippen molar-refractivity contribution in [1.29, 1.82) is 0 Å². The Balaban J connectivity index is 1.96. The van der Waals surface area contributed by atoms with Crippen LogP contribution in [0.15, 0.2) is 100 Å². The van der Waals surface area contributed by atoms with Gasteiger partial charge in [-0.15, -0.1) is 0 Å². The molecule has 32 heavy (non-hydrogen) atoms. The summed E-state index contributed by atoms with van der Waals surface area (Å²) < 4.78 is 9.96. The van der Waals surface area contributed by atoms with Gasteiger partial charge in [0.1, 0.15) is 0 Å². The average molecular weight is 456 g/mol. The van der Waals surface area contributed by atoms with Crippen molar-refractivity contribution in [3.8, 4) is 5.75 Å². The molecule has 3 aromatic rings. The second-order valence-electron chi connectivity index (χ2n) is 9.59. The molecule has 0 amide bonds. The summed E-state index contributed by atoms with van der Waals surface area (Å²) in [4.78, 5) is 0. The monoisotopic (exact) mass is 456 g/mol. The van der Waals surface area contributed by atoms with Gasteiger partial charge < -0.3 is 0 Å². The van der Waals surface area contributed by atoms with Crippen molar-refractivity contribution >= 4 is 3.81 Å². The third-order valence-corrected chi connectivity index (χ3v) is 10.0. The zero-order valence-electron chi connectivity index (χ0n) is 19.8. The van der Waals surface area contributed by atoms with E-state index in [0.717, 1.165) is 12.2 Å². The van der Waals surface area contributed by atoms with Crippen LogP contribution in [0.1, 0.15) is 56.4 Å². The van der Waals surface area contributed by atoms with Gasteiger partial charge in [0, 0.05) is 0 Å². The summed E-state index contributed by atoms with van der Waals surface area (Å²) in [6.45, 7) is 11.2. The van der Waals surface area contributed by atoms with Gasteiger partial charge in [-0.3, -0.25) is 0 Å². The minimum absolute atomic E-state index is 0.0831. The van der Waals surface area contributed by atoms with Crippen LogP contribution in [0.25, 0.3) is 0 Å². The van der Waals surface area contributed by atoms with Crippen LogP contribution >= 0.6 is 0 Å². The van der Waals surface area contributed by atoms with Crippen molar-refractivity contribution in [3.63, 3.8) is 0 Å². The van der Waals surface area contributed by atoms with Crippen LogP contribution < -0.4 is 3.32 Å². The van der Waals surface area contributed by atoms with Gasteiger partial charge in [0.15, 0.2) is 0 Å². The zero-order chi connectivity index (χ0) is 22.7. The summed E-state index contributed by atoms with van der Waals surface area (Å²) in [6, 6.07) is 28.4. The molecule has 0 radical (unpaired) electrons. The van der Waals surface area contributed by atoms with E-state index in [1.165, 1.54) is 35.5 Å². The fourth-order valence-electron chi connectivity index (χ4n) is 4.15. The van der Waals surface area contributed by atoms with Crippen LogP contribution in [0, 0.1) is 6.92 Å². The van der Waals surface area contributed by atoms with Gasteiger partial charge in [0.25, 0.3) is 0 Å². The van der Waals surface area contributed by atoms with E-state index in [2.05, 4.69) is 126 Å². The Hall–Kier alpha value is -2.48. The minimum atomic E-state index is -2.37. The maximum atomic E-state index is 7.09. The standard InChI is InChI=1S/C13H10.C11H16O.C6H7.Ti/c1-3-7-12(8-4-1)11-13-9-5-2-6-10-13;1-8-5-9(11(2,3)4)7-10(12)6-8;1-6-4-2-3-5-6;/h1-10H;5-7,12H,1-4H3;2,4H,3H2,1H3;/q;;;+1/p-1. The predicted octanol–water partition coefficient (Wildman–Crippen LogP) is 7.71. The van der Waals surface area contributed by atoms with Gasteiger partial charge in [-0.1, -0.05) is 0 Å². The van der Waals surface area contributed by atoms with E-state index in [1.807, 2.05) is 0 Å². The molecular weight excluding hydrogens is 424 g/mol. The molecule has 1 nitrogen and oxygen atoms in total. The van der Waals surface area contributed by atoms with E-state index in [4.69, 9.17) is 3.32 Å². The third-order valence-electron chi connectivity index (χ3n) is 5.93. The summed E-state index contributed by atoms with van der Waals surface area (Å²) >= 11 is -2.37. The molecule has 0 saturated heterocycles. The summed E-state index contributed by atoms with van der Waals surface area (Å²) in [7, 11) is 0. The molecule has 1 aliphatic rings. The Kier molecular flexibility index (Phi) is 6.79. The topological polar surface area (TPSA) is 9.23 Å². The summed E-state index contributed by atoms with van der Waals surface area (Å²) in [5.41, 5.74) is 6.56. The van der Waals surface area contributed by atoms with Crippen LogP contribution in [-0.4, -0.2) is 3.81 Å². The van der Waals surface area contributed by atoms with Crippen molar-refractivity contribution in [1.82, 2.24) is 0 Å². The van der Waals surface area contributed by atoms with E-state index in [9.17, 15) is 0 Å². The van der Waals surface area contributed by atoms with Gasteiger partial charge in [-0.25, -0.2) is 0 Å². The molecule has 0 heterocycles. The summed E-state index contributed by atoms with van der Waals surface area (Å²) in [5.74, 6) is 1.00. The van der Waals surface area contributed by atoms with E-state index >= 15 is 0 Å². The molecule has 0 bridgehead atoms. The normalized spacial score (nSPS) is 13.4. The Labute approximate surface area is 199 Å². The van der Waals surface area contributed by atoms with Crippen LogP contribution in [0.5, 0.6) is 5.75 Å². The molecule has 0 aliphatic heterocycles. The molecule has 1 aliphatic carbocycles. The maximum absolute atomic E-state index is 7.09. The first-order chi connectivity index (χ1) is 15.3. The van der Waals surface area contributed by atoms with Gasteiger partial charge in [0.2, 0.25) is 0 Å².